The van der Waals surface area contributed by atoms with Crippen molar-refractivity contribution in [2.75, 3.05) is 11.9 Å². The molecule has 0 radical (unpaired) electrons. The van der Waals surface area contributed by atoms with Crippen molar-refractivity contribution >= 4 is 34.8 Å². The average Bonchev–Trinajstić information content (AvgIpc) is 3.07. The highest BCUT2D eigenvalue weighted by atomic mass is 35.5. The van der Waals surface area contributed by atoms with E-state index in [-0.39, 0.29) is 23.0 Å². The normalized spacial score (nSPS) is 11.5. The third-order valence-electron chi connectivity index (χ3n) is 4.28. The molecule has 0 aliphatic rings. The van der Waals surface area contributed by atoms with Crippen LogP contribution in [0.3, 0.4) is 0 Å². The van der Waals surface area contributed by atoms with Crippen molar-refractivity contribution < 1.29 is 27.5 Å². The minimum absolute atomic E-state index is 0.0463. The molecule has 158 valence electrons. The van der Waals surface area contributed by atoms with Crippen LogP contribution >= 0.6 is 11.6 Å². The highest BCUT2D eigenvalue weighted by Gasteiger charge is 2.33. The number of aryl methyl sites for hydroxylation is 1. The van der Waals surface area contributed by atoms with Gasteiger partial charge in [-0.2, -0.15) is 13.2 Å². The zero-order valence-electron chi connectivity index (χ0n) is 16.0. The van der Waals surface area contributed by atoms with Crippen molar-refractivity contribution in [3.8, 4) is 0 Å². The molecule has 0 aliphatic carbocycles. The smallest absolute Gasteiger partial charge is 0.417 e. The molecular weight excluding hydrogens is 423 g/mol. The number of ether oxygens (including phenoxy) is 1. The predicted octanol–water partition coefficient (Wildman–Crippen LogP) is 5.00. The summed E-state index contributed by atoms with van der Waals surface area (Å²) in [7, 11) is 0. The van der Waals surface area contributed by atoms with Crippen molar-refractivity contribution in [1.29, 1.82) is 0 Å². The number of aromatic nitrogens is 2. The first-order valence-electron chi connectivity index (χ1n) is 9.01. The van der Waals surface area contributed by atoms with Gasteiger partial charge in [-0.15, -0.1) is 0 Å². The van der Waals surface area contributed by atoms with Crippen LogP contribution in [0.4, 0.5) is 18.9 Å². The van der Waals surface area contributed by atoms with Gasteiger partial charge in [0.25, 0.3) is 5.91 Å². The van der Waals surface area contributed by atoms with Crippen LogP contribution in [0.15, 0.2) is 36.5 Å². The van der Waals surface area contributed by atoms with E-state index >= 15 is 0 Å². The number of alkyl halides is 3. The number of benzene rings is 1. The van der Waals surface area contributed by atoms with Gasteiger partial charge in [0.05, 0.1) is 28.5 Å². The molecular formula is C20H17ClF3N3O3. The number of nitrogens with zero attached hydrogens (tertiary/aromatic N) is 2. The van der Waals surface area contributed by atoms with Crippen molar-refractivity contribution in [2.24, 2.45) is 0 Å². The van der Waals surface area contributed by atoms with Crippen molar-refractivity contribution in [1.82, 2.24) is 9.38 Å². The number of esters is 1. The highest BCUT2D eigenvalue weighted by Crippen LogP contribution is 2.33. The van der Waals surface area contributed by atoms with Crippen molar-refractivity contribution in [3.05, 3.63) is 64.1 Å². The molecule has 0 spiro atoms. The summed E-state index contributed by atoms with van der Waals surface area (Å²) in [6, 6.07) is 6.71. The number of imidazole rings is 1. The van der Waals surface area contributed by atoms with E-state index in [2.05, 4.69) is 10.3 Å². The monoisotopic (exact) mass is 439 g/mol. The largest absolute Gasteiger partial charge is 0.462 e. The van der Waals surface area contributed by atoms with Crippen LogP contribution in [0, 0.1) is 0 Å². The Labute approximate surface area is 174 Å². The number of hydrogen-bond donors (Lipinski definition) is 1. The summed E-state index contributed by atoms with van der Waals surface area (Å²) < 4.78 is 45.5. The maximum absolute atomic E-state index is 13.2. The third-order valence-corrected chi connectivity index (χ3v) is 4.56. The number of fused-ring (bicyclic) bond motifs is 1. The summed E-state index contributed by atoms with van der Waals surface area (Å²) in [5.74, 6) is -1.15. The van der Waals surface area contributed by atoms with Gasteiger partial charge < -0.3 is 10.1 Å². The summed E-state index contributed by atoms with van der Waals surface area (Å²) in [5.41, 5.74) is -0.0207. The molecule has 1 amide bonds. The van der Waals surface area contributed by atoms with Crippen LogP contribution in [0.2, 0.25) is 5.02 Å². The number of carbonyl (C=O) groups is 2. The quantitative estimate of drug-likeness (QED) is 0.568. The number of amides is 1. The van der Waals surface area contributed by atoms with E-state index in [0.29, 0.717) is 23.4 Å². The van der Waals surface area contributed by atoms with E-state index in [9.17, 15) is 22.8 Å². The lowest BCUT2D eigenvalue weighted by Gasteiger charge is -2.11. The highest BCUT2D eigenvalue weighted by molar-refractivity contribution is 6.33. The molecule has 6 nitrogen and oxygen atoms in total. The van der Waals surface area contributed by atoms with Gasteiger partial charge in [-0.3, -0.25) is 9.20 Å². The van der Waals surface area contributed by atoms with Gasteiger partial charge in [0, 0.05) is 11.9 Å². The summed E-state index contributed by atoms with van der Waals surface area (Å²) >= 11 is 5.99. The Morgan fingerprint density at radius 2 is 1.87 bits per heavy atom. The van der Waals surface area contributed by atoms with Crippen LogP contribution in [-0.4, -0.2) is 27.9 Å². The van der Waals surface area contributed by atoms with E-state index in [1.54, 1.807) is 13.8 Å². The zero-order chi connectivity index (χ0) is 22.1. The predicted molar refractivity (Wildman–Crippen MR) is 105 cm³/mol. The lowest BCUT2D eigenvalue weighted by molar-refractivity contribution is -0.137. The summed E-state index contributed by atoms with van der Waals surface area (Å²) in [5, 5.41) is 2.40. The molecule has 0 unspecified atom stereocenters. The van der Waals surface area contributed by atoms with Crippen LogP contribution in [0.1, 0.15) is 46.0 Å². The Morgan fingerprint density at radius 1 is 1.20 bits per heavy atom. The Hall–Kier alpha value is -3.07. The molecule has 10 heteroatoms. The molecule has 3 rings (SSSR count). The van der Waals surface area contributed by atoms with Crippen molar-refractivity contribution in [2.45, 2.75) is 26.4 Å². The van der Waals surface area contributed by atoms with E-state index < -0.39 is 23.6 Å². The molecule has 0 atom stereocenters. The van der Waals surface area contributed by atoms with Gasteiger partial charge in [-0.25, -0.2) is 9.78 Å². The minimum atomic E-state index is -4.63. The molecule has 0 bridgehead atoms. The zero-order valence-corrected chi connectivity index (χ0v) is 16.8. The first kappa shape index (κ1) is 21.6. The molecule has 2 aromatic heterocycles. The Balaban J connectivity index is 1.98. The maximum atomic E-state index is 13.2. The Bertz CT molecular complexity index is 1110. The van der Waals surface area contributed by atoms with Gasteiger partial charge >= 0.3 is 12.1 Å². The fourth-order valence-corrected chi connectivity index (χ4v) is 3.14. The van der Waals surface area contributed by atoms with Crippen LogP contribution < -0.4 is 5.32 Å². The second-order valence-corrected chi connectivity index (χ2v) is 6.69. The molecule has 0 aliphatic heterocycles. The second kappa shape index (κ2) is 8.35. The van der Waals surface area contributed by atoms with Crippen LogP contribution in [-0.2, 0) is 17.3 Å². The first-order chi connectivity index (χ1) is 14.2. The standard InChI is InChI=1S/C20H17ClF3N3O3/c1-3-15-16(27-10-12(20(22,23)24)9-14(21)17(27)26-15)18(28)25-13-7-5-11(6-8-13)19(29)30-4-2/h5-10H,3-4H2,1-2H3,(H,25,28). The van der Waals surface area contributed by atoms with Gasteiger partial charge in [0.15, 0.2) is 5.65 Å². The molecule has 1 aromatic carbocycles. The van der Waals surface area contributed by atoms with E-state index in [0.717, 1.165) is 16.7 Å². The number of hydrogen-bond acceptors (Lipinski definition) is 4. The molecule has 1 N–H and O–H groups in total. The van der Waals surface area contributed by atoms with Crippen LogP contribution in [0.25, 0.3) is 5.65 Å². The van der Waals surface area contributed by atoms with Gasteiger partial charge in [-0.05, 0) is 43.7 Å². The Morgan fingerprint density at radius 3 is 2.43 bits per heavy atom. The number of pyridine rings is 1. The number of anilines is 1. The summed E-state index contributed by atoms with van der Waals surface area (Å²) in [6.07, 6.45) is -3.53. The average molecular weight is 440 g/mol. The molecule has 0 fully saturated rings. The number of halogens is 4. The summed E-state index contributed by atoms with van der Waals surface area (Å²) in [6.45, 7) is 3.64. The fraction of sp³-hybridized carbons (Fsp3) is 0.250. The Kier molecular flexibility index (Phi) is 6.02. The minimum Gasteiger partial charge on any atom is -0.462 e. The lowest BCUT2D eigenvalue weighted by atomic mass is 10.2. The molecule has 0 saturated heterocycles. The molecule has 2 heterocycles. The lowest BCUT2D eigenvalue weighted by Crippen LogP contribution is -2.17. The third kappa shape index (κ3) is 4.25. The SMILES string of the molecule is CCOC(=O)c1ccc(NC(=O)c2c(CC)nc3c(Cl)cc(C(F)(F)F)cn23)cc1. The van der Waals surface area contributed by atoms with Gasteiger partial charge in [-0.1, -0.05) is 18.5 Å². The van der Waals surface area contributed by atoms with Crippen molar-refractivity contribution in [3.63, 3.8) is 0 Å². The molecule has 0 saturated carbocycles. The number of nitrogens with one attached hydrogen (secondary N) is 1. The van der Waals surface area contributed by atoms with Gasteiger partial charge in [0.1, 0.15) is 5.69 Å². The topological polar surface area (TPSA) is 72.7 Å². The van der Waals surface area contributed by atoms with E-state index in [1.807, 2.05) is 0 Å². The fourth-order valence-electron chi connectivity index (χ4n) is 2.89. The van der Waals surface area contributed by atoms with E-state index in [1.165, 1.54) is 24.3 Å². The second-order valence-electron chi connectivity index (χ2n) is 6.28. The van der Waals surface area contributed by atoms with E-state index in [4.69, 9.17) is 16.3 Å². The number of carbonyl (C=O) groups excluding carboxylic acids is 2. The molecule has 3 aromatic rings. The molecule has 30 heavy (non-hydrogen) atoms. The first-order valence-corrected chi connectivity index (χ1v) is 9.39. The van der Waals surface area contributed by atoms with Crippen LogP contribution in [0.5, 0.6) is 0 Å². The summed E-state index contributed by atoms with van der Waals surface area (Å²) in [4.78, 5) is 28.8. The van der Waals surface area contributed by atoms with Gasteiger partial charge in [0.2, 0.25) is 0 Å². The maximum Gasteiger partial charge on any atom is 0.417 e. The number of rotatable bonds is 5.